The summed E-state index contributed by atoms with van der Waals surface area (Å²) in [5, 5.41) is 15.5. The average Bonchev–Trinajstić information content (AvgIpc) is 2.96. The van der Waals surface area contributed by atoms with Gasteiger partial charge in [-0.2, -0.15) is 10.5 Å². The van der Waals surface area contributed by atoms with Crippen LogP contribution in [0.3, 0.4) is 0 Å². The first-order chi connectivity index (χ1) is 19.3. The third kappa shape index (κ3) is 4.16. The van der Waals surface area contributed by atoms with Crippen molar-refractivity contribution in [3.8, 4) is 12.1 Å². The van der Waals surface area contributed by atoms with Crippen LogP contribution < -0.4 is 10.4 Å². The zero-order valence-electron chi connectivity index (χ0n) is 19.5. The van der Waals surface area contributed by atoms with Crippen LogP contribution in [0.25, 0.3) is 25.8 Å². The van der Waals surface area contributed by atoms with Crippen molar-refractivity contribution in [2.24, 2.45) is 0 Å². The SMILES string of the molecule is [C-]#[N+]/C(c1c(F)c(F)c(C)c(F)c1F)=c1/c(F)c(C#N)/c(=C(\C#N)c2c(F)c(F)c([N+]#[C-])c(F)c2F)c(F)c1[N+]#[C-]. The summed E-state index contributed by atoms with van der Waals surface area (Å²) < 4.78 is 147. The van der Waals surface area contributed by atoms with Gasteiger partial charge in [0.15, 0.2) is 52.2 Å². The van der Waals surface area contributed by atoms with Crippen molar-refractivity contribution in [2.75, 3.05) is 0 Å². The molecule has 202 valence electrons. The van der Waals surface area contributed by atoms with E-state index in [1.165, 1.54) is 0 Å². The van der Waals surface area contributed by atoms with Crippen molar-refractivity contribution >= 4 is 22.6 Å². The Kier molecular flexibility index (Phi) is 7.77. The molecule has 5 nitrogen and oxygen atoms in total. The Hall–Kier alpha value is -5.85. The molecule has 0 saturated heterocycles. The number of nitrogens with zero attached hydrogens (tertiary/aromatic N) is 5. The van der Waals surface area contributed by atoms with Gasteiger partial charge in [0.1, 0.15) is 23.8 Å². The average molecular weight is 575 g/mol. The van der Waals surface area contributed by atoms with E-state index >= 15 is 8.78 Å². The van der Waals surface area contributed by atoms with E-state index in [0.29, 0.717) is 6.92 Å². The lowest BCUT2D eigenvalue weighted by molar-refractivity contribution is 0.441. The Labute approximate surface area is 221 Å². The summed E-state index contributed by atoms with van der Waals surface area (Å²) in [7, 11) is 0. The second-order valence-corrected chi connectivity index (χ2v) is 7.62. The first kappa shape index (κ1) is 29.7. The molecule has 0 heterocycles. The smallest absolute Gasteiger partial charge is 0.238 e. The van der Waals surface area contributed by atoms with Gasteiger partial charge in [-0.05, 0) is 6.92 Å². The molecule has 0 amide bonds. The van der Waals surface area contributed by atoms with Crippen molar-refractivity contribution in [2.45, 2.75) is 6.92 Å². The van der Waals surface area contributed by atoms with E-state index in [1.54, 1.807) is 0 Å². The fourth-order valence-corrected chi connectivity index (χ4v) is 3.70. The maximum Gasteiger partial charge on any atom is 0.262 e. The molecule has 0 radical (unpaired) electrons. The van der Waals surface area contributed by atoms with Gasteiger partial charge >= 0.3 is 0 Å². The van der Waals surface area contributed by atoms with Crippen LogP contribution in [-0.2, 0) is 0 Å². The number of hydrogen-bond donors (Lipinski definition) is 0. The molecule has 0 atom stereocenters. The maximum atomic E-state index is 15.7. The Bertz CT molecular complexity index is 2010. The minimum Gasteiger partial charge on any atom is -0.238 e. The van der Waals surface area contributed by atoms with Crippen molar-refractivity contribution in [3.63, 3.8) is 0 Å². The molecular formula is C26H3F10N5. The summed E-state index contributed by atoms with van der Waals surface area (Å²) in [5.74, 6) is -22.8. The maximum absolute atomic E-state index is 15.7. The first-order valence-electron chi connectivity index (χ1n) is 10.2. The van der Waals surface area contributed by atoms with Gasteiger partial charge in [-0.15, -0.1) is 0 Å². The third-order valence-corrected chi connectivity index (χ3v) is 5.61. The highest BCUT2D eigenvalue weighted by molar-refractivity contribution is 5.82. The van der Waals surface area contributed by atoms with Crippen LogP contribution in [0.1, 0.15) is 22.3 Å². The monoisotopic (exact) mass is 575 g/mol. The van der Waals surface area contributed by atoms with Gasteiger partial charge < -0.3 is 0 Å². The van der Waals surface area contributed by atoms with E-state index in [4.69, 9.17) is 19.7 Å². The summed E-state index contributed by atoms with van der Waals surface area (Å²) in [5.41, 5.74) is -14.1. The summed E-state index contributed by atoms with van der Waals surface area (Å²) in [4.78, 5) is 7.32. The number of hydrogen-bond acceptors (Lipinski definition) is 2. The Morgan fingerprint density at radius 3 is 1.44 bits per heavy atom. The molecular weight excluding hydrogens is 572 g/mol. The summed E-state index contributed by atoms with van der Waals surface area (Å²) in [6.07, 6.45) is 0. The standard InChI is InChI=1S/C26H3F10N5/c1-7-14(27)19(32)12(20(33)15(7)28)24(39-2)13-16(29)9(6-38)10(21(34)25(13)40-3)8(5-37)11-17(30)22(35)26(41-4)23(36)18(11)31/h1H3/b10-8-,24-13-. The van der Waals surface area contributed by atoms with E-state index in [1.807, 2.05) is 0 Å². The predicted molar refractivity (Wildman–Crippen MR) is 117 cm³/mol. The molecule has 0 aromatic heterocycles. The quantitative estimate of drug-likeness (QED) is 0.209. The molecule has 0 N–H and O–H groups in total. The predicted octanol–water partition coefficient (Wildman–Crippen LogP) is 6.16. The highest BCUT2D eigenvalue weighted by Crippen LogP contribution is 2.34. The van der Waals surface area contributed by atoms with Crippen molar-refractivity contribution < 1.29 is 43.9 Å². The number of benzene rings is 3. The van der Waals surface area contributed by atoms with Gasteiger partial charge in [0.2, 0.25) is 5.69 Å². The summed E-state index contributed by atoms with van der Waals surface area (Å²) in [6, 6.07) is 1.86. The number of rotatable bonds is 2. The molecule has 0 aliphatic carbocycles. The number of halogens is 10. The van der Waals surface area contributed by atoms with E-state index in [0.717, 1.165) is 12.1 Å². The second-order valence-electron chi connectivity index (χ2n) is 7.62. The molecule has 0 aliphatic rings. The van der Waals surface area contributed by atoms with Crippen molar-refractivity contribution in [1.29, 1.82) is 10.5 Å². The zero-order valence-corrected chi connectivity index (χ0v) is 19.5. The van der Waals surface area contributed by atoms with Crippen LogP contribution in [-0.4, -0.2) is 0 Å². The second kappa shape index (κ2) is 10.7. The Morgan fingerprint density at radius 2 is 1.05 bits per heavy atom. The van der Waals surface area contributed by atoms with Crippen molar-refractivity contribution in [1.82, 2.24) is 0 Å². The fraction of sp³-hybridized carbons (Fsp3) is 0.0385. The molecule has 0 aliphatic heterocycles. The van der Waals surface area contributed by atoms with Gasteiger partial charge in [0.05, 0.1) is 42.0 Å². The minimum atomic E-state index is -2.45. The lowest BCUT2D eigenvalue weighted by Gasteiger charge is -2.12. The highest BCUT2D eigenvalue weighted by atomic mass is 19.2. The molecule has 0 unspecified atom stereocenters. The van der Waals surface area contributed by atoms with E-state index in [9.17, 15) is 45.6 Å². The van der Waals surface area contributed by atoms with Crippen LogP contribution in [0, 0.1) is 107 Å². The van der Waals surface area contributed by atoms with Crippen LogP contribution in [0.5, 0.6) is 0 Å². The molecule has 0 bridgehead atoms. The van der Waals surface area contributed by atoms with E-state index in [2.05, 4.69) is 14.5 Å². The molecule has 0 saturated carbocycles. The van der Waals surface area contributed by atoms with E-state index in [-0.39, 0.29) is 0 Å². The zero-order chi connectivity index (χ0) is 31.1. The minimum absolute atomic E-state index is 0.597. The fourth-order valence-electron chi connectivity index (χ4n) is 3.70. The molecule has 3 rings (SSSR count). The van der Waals surface area contributed by atoms with Crippen LogP contribution >= 0.6 is 0 Å². The molecule has 41 heavy (non-hydrogen) atoms. The van der Waals surface area contributed by atoms with Crippen molar-refractivity contribution in [3.05, 3.63) is 125 Å². The van der Waals surface area contributed by atoms with E-state index < -0.39 is 114 Å². The normalized spacial score (nSPS) is 12.0. The number of nitriles is 2. The third-order valence-electron chi connectivity index (χ3n) is 5.61. The lowest BCUT2D eigenvalue weighted by atomic mass is 9.95. The molecule has 15 heteroatoms. The van der Waals surface area contributed by atoms with Gasteiger partial charge in [-0.25, -0.2) is 58.4 Å². The highest BCUT2D eigenvalue weighted by Gasteiger charge is 2.32. The largest absolute Gasteiger partial charge is 0.262 e. The van der Waals surface area contributed by atoms with Gasteiger partial charge in [-0.1, -0.05) is 0 Å². The summed E-state index contributed by atoms with van der Waals surface area (Å²) >= 11 is 0. The Morgan fingerprint density at radius 1 is 0.585 bits per heavy atom. The molecule has 3 aromatic rings. The first-order valence-corrected chi connectivity index (χ1v) is 10.2. The van der Waals surface area contributed by atoms with Gasteiger partial charge in [0.25, 0.3) is 5.69 Å². The van der Waals surface area contributed by atoms with Crippen LogP contribution in [0.2, 0.25) is 0 Å². The van der Waals surface area contributed by atoms with Crippen LogP contribution in [0.4, 0.5) is 55.3 Å². The molecule has 0 fully saturated rings. The topological polar surface area (TPSA) is 60.7 Å². The summed E-state index contributed by atoms with van der Waals surface area (Å²) in [6.45, 7) is 21.6. The van der Waals surface area contributed by atoms with Crippen LogP contribution in [0.15, 0.2) is 0 Å². The van der Waals surface area contributed by atoms with Gasteiger partial charge in [0, 0.05) is 16.0 Å². The van der Waals surface area contributed by atoms with Gasteiger partial charge in [-0.3, -0.25) is 0 Å². The molecule has 0 spiro atoms. The lowest BCUT2D eigenvalue weighted by Crippen LogP contribution is -2.28. The Balaban J connectivity index is 2.81. The molecule has 3 aromatic carbocycles.